The Labute approximate surface area is 88.7 Å². The average molecular weight is 216 g/mol. The van der Waals surface area contributed by atoms with Crippen LogP contribution in [0.25, 0.3) is 0 Å². The number of anilines is 1. The lowest BCUT2D eigenvalue weighted by molar-refractivity contribution is 1.10. The number of nitrogens with two attached hydrogens (primary N) is 1. The number of thioether (sulfide) groups is 1. The molecular weight excluding hydrogens is 202 g/mol. The van der Waals surface area contributed by atoms with Crippen LogP contribution in [-0.2, 0) is 5.75 Å². The Morgan fingerprint density at radius 2 is 2.23 bits per heavy atom. The fourth-order valence-corrected chi connectivity index (χ4v) is 2.33. The first-order chi connectivity index (χ1) is 6.25. The lowest BCUT2D eigenvalue weighted by atomic mass is 10.2. The molecule has 0 unspecified atom stereocenters. The molecule has 0 atom stereocenters. The summed E-state index contributed by atoms with van der Waals surface area (Å²) in [4.78, 5) is 0. The molecule has 1 nitrogen and oxygen atoms in total. The van der Waals surface area contributed by atoms with Crippen molar-refractivity contribution in [3.05, 3.63) is 28.8 Å². The zero-order valence-corrected chi connectivity index (χ0v) is 9.29. The van der Waals surface area contributed by atoms with Crippen LogP contribution in [0, 0.1) is 0 Å². The normalized spacial score (nSPS) is 10.3. The van der Waals surface area contributed by atoms with Crippen molar-refractivity contribution < 1.29 is 0 Å². The Balaban J connectivity index is 2.64. The molecule has 0 aliphatic rings. The van der Waals surface area contributed by atoms with Gasteiger partial charge in [0.25, 0.3) is 0 Å². The van der Waals surface area contributed by atoms with Crippen molar-refractivity contribution in [2.45, 2.75) is 19.1 Å². The van der Waals surface area contributed by atoms with E-state index in [2.05, 4.69) is 6.92 Å². The second-order valence-corrected chi connectivity index (χ2v) is 4.37. The highest BCUT2D eigenvalue weighted by Crippen LogP contribution is 2.26. The van der Waals surface area contributed by atoms with Gasteiger partial charge in [0.1, 0.15) is 0 Å². The van der Waals surface area contributed by atoms with Crippen LogP contribution in [-0.4, -0.2) is 5.75 Å². The highest BCUT2D eigenvalue weighted by Gasteiger charge is 2.03. The molecule has 0 bridgehead atoms. The molecule has 1 aromatic carbocycles. The number of rotatable bonds is 4. The first-order valence-corrected chi connectivity index (χ1v) is 5.89. The van der Waals surface area contributed by atoms with Crippen LogP contribution in [0.15, 0.2) is 18.2 Å². The second-order valence-electron chi connectivity index (χ2n) is 2.86. The van der Waals surface area contributed by atoms with E-state index in [0.717, 1.165) is 27.8 Å². The van der Waals surface area contributed by atoms with E-state index in [1.807, 2.05) is 30.0 Å². The predicted octanol–water partition coefficient (Wildman–Crippen LogP) is 3.57. The van der Waals surface area contributed by atoms with E-state index in [1.165, 1.54) is 6.42 Å². The molecule has 13 heavy (non-hydrogen) atoms. The lowest BCUT2D eigenvalue weighted by Gasteiger charge is -2.06. The minimum atomic E-state index is 0.781. The molecule has 0 saturated carbocycles. The highest BCUT2D eigenvalue weighted by molar-refractivity contribution is 7.98. The van der Waals surface area contributed by atoms with Gasteiger partial charge in [-0.25, -0.2) is 0 Å². The molecule has 0 aromatic heterocycles. The van der Waals surface area contributed by atoms with Gasteiger partial charge in [-0.1, -0.05) is 24.6 Å². The van der Waals surface area contributed by atoms with Crippen molar-refractivity contribution in [2.24, 2.45) is 0 Å². The van der Waals surface area contributed by atoms with Crippen molar-refractivity contribution in [2.75, 3.05) is 11.5 Å². The van der Waals surface area contributed by atoms with Gasteiger partial charge in [0.05, 0.1) is 0 Å². The zero-order chi connectivity index (χ0) is 9.68. The van der Waals surface area contributed by atoms with E-state index >= 15 is 0 Å². The quantitative estimate of drug-likeness (QED) is 0.614. The third-order valence-electron chi connectivity index (χ3n) is 1.75. The summed E-state index contributed by atoms with van der Waals surface area (Å²) in [5.41, 5.74) is 7.68. The molecular formula is C10H14ClNS. The summed E-state index contributed by atoms with van der Waals surface area (Å²) in [5, 5.41) is 0.781. The molecule has 0 amide bonds. The molecule has 0 radical (unpaired) electrons. The Morgan fingerprint density at radius 3 is 2.85 bits per heavy atom. The number of hydrogen-bond donors (Lipinski definition) is 1. The van der Waals surface area contributed by atoms with Gasteiger partial charge >= 0.3 is 0 Å². The molecule has 0 aliphatic carbocycles. The topological polar surface area (TPSA) is 26.0 Å². The molecule has 2 N–H and O–H groups in total. The molecule has 0 spiro atoms. The maximum Gasteiger partial charge on any atom is 0.0466 e. The van der Waals surface area contributed by atoms with Gasteiger partial charge in [-0.05, 0) is 24.3 Å². The molecule has 1 aromatic rings. The van der Waals surface area contributed by atoms with Crippen molar-refractivity contribution in [1.29, 1.82) is 0 Å². The Kier molecular flexibility index (Phi) is 4.46. The van der Waals surface area contributed by atoms with Gasteiger partial charge in [-0.2, -0.15) is 11.8 Å². The Bertz CT molecular complexity index is 255. The minimum Gasteiger partial charge on any atom is -0.398 e. The van der Waals surface area contributed by atoms with Crippen LogP contribution in [0.3, 0.4) is 0 Å². The van der Waals surface area contributed by atoms with Crippen LogP contribution in [0.4, 0.5) is 5.69 Å². The molecule has 72 valence electrons. The van der Waals surface area contributed by atoms with Gasteiger partial charge in [-0.3, -0.25) is 0 Å². The molecule has 0 fully saturated rings. The van der Waals surface area contributed by atoms with E-state index in [1.54, 1.807) is 0 Å². The van der Waals surface area contributed by atoms with E-state index in [-0.39, 0.29) is 0 Å². The zero-order valence-electron chi connectivity index (χ0n) is 7.72. The number of benzene rings is 1. The van der Waals surface area contributed by atoms with Crippen molar-refractivity contribution in [3.63, 3.8) is 0 Å². The van der Waals surface area contributed by atoms with Gasteiger partial charge < -0.3 is 5.73 Å². The Hall–Kier alpha value is -0.340. The molecule has 0 heterocycles. The third kappa shape index (κ3) is 3.12. The van der Waals surface area contributed by atoms with Crippen molar-refractivity contribution in [3.8, 4) is 0 Å². The van der Waals surface area contributed by atoms with Gasteiger partial charge in [-0.15, -0.1) is 0 Å². The van der Waals surface area contributed by atoms with Crippen LogP contribution >= 0.6 is 23.4 Å². The van der Waals surface area contributed by atoms with Gasteiger partial charge in [0.15, 0.2) is 0 Å². The van der Waals surface area contributed by atoms with Crippen LogP contribution in [0.2, 0.25) is 5.02 Å². The monoisotopic (exact) mass is 215 g/mol. The fourth-order valence-electron chi connectivity index (χ4n) is 1.05. The van der Waals surface area contributed by atoms with E-state index < -0.39 is 0 Å². The van der Waals surface area contributed by atoms with E-state index in [9.17, 15) is 0 Å². The first kappa shape index (κ1) is 10.7. The molecule has 3 heteroatoms. The minimum absolute atomic E-state index is 0.781. The van der Waals surface area contributed by atoms with Crippen molar-refractivity contribution in [1.82, 2.24) is 0 Å². The summed E-state index contributed by atoms with van der Waals surface area (Å²) in [6, 6.07) is 5.67. The molecule has 0 saturated heterocycles. The summed E-state index contributed by atoms with van der Waals surface area (Å²) in [6.45, 7) is 2.17. The third-order valence-corrected chi connectivity index (χ3v) is 3.29. The smallest absolute Gasteiger partial charge is 0.0466 e. The summed E-state index contributed by atoms with van der Waals surface area (Å²) in [6.07, 6.45) is 1.19. The van der Waals surface area contributed by atoms with Crippen molar-refractivity contribution >= 4 is 29.1 Å². The van der Waals surface area contributed by atoms with Crippen LogP contribution in [0.5, 0.6) is 0 Å². The maximum absolute atomic E-state index is 6.02. The number of nitrogen functional groups attached to an aromatic ring is 1. The van der Waals surface area contributed by atoms with Crippen LogP contribution in [0.1, 0.15) is 18.9 Å². The Morgan fingerprint density at radius 1 is 1.46 bits per heavy atom. The fraction of sp³-hybridized carbons (Fsp3) is 0.400. The van der Waals surface area contributed by atoms with Gasteiger partial charge in [0.2, 0.25) is 0 Å². The van der Waals surface area contributed by atoms with Crippen LogP contribution < -0.4 is 5.73 Å². The lowest BCUT2D eigenvalue weighted by Crippen LogP contribution is -1.93. The van der Waals surface area contributed by atoms with E-state index in [0.29, 0.717) is 0 Å². The average Bonchev–Trinajstić information content (AvgIpc) is 2.10. The molecule has 0 aliphatic heterocycles. The predicted molar refractivity (Wildman–Crippen MR) is 62.3 cm³/mol. The SMILES string of the molecule is CCCSCc1c(N)cccc1Cl. The summed E-state index contributed by atoms with van der Waals surface area (Å²) >= 11 is 7.89. The summed E-state index contributed by atoms with van der Waals surface area (Å²) < 4.78 is 0. The molecule has 1 rings (SSSR count). The first-order valence-electron chi connectivity index (χ1n) is 4.36. The second kappa shape index (κ2) is 5.40. The van der Waals surface area contributed by atoms with Gasteiger partial charge in [0, 0.05) is 22.0 Å². The summed E-state index contributed by atoms with van der Waals surface area (Å²) in [7, 11) is 0. The highest BCUT2D eigenvalue weighted by atomic mass is 35.5. The number of hydrogen-bond acceptors (Lipinski definition) is 2. The summed E-state index contributed by atoms with van der Waals surface area (Å²) in [5.74, 6) is 2.07. The number of halogens is 1. The largest absolute Gasteiger partial charge is 0.398 e. The standard InChI is InChI=1S/C10H14ClNS/c1-2-6-13-7-8-9(11)4-3-5-10(8)12/h3-5H,2,6-7,12H2,1H3. The van der Waals surface area contributed by atoms with E-state index in [4.69, 9.17) is 17.3 Å². The maximum atomic E-state index is 6.02.